The topological polar surface area (TPSA) is 193 Å². The number of aromatic amines is 1. The number of fused-ring (bicyclic) bond motifs is 2. The van der Waals surface area contributed by atoms with Crippen LogP contribution < -0.4 is 0 Å². The van der Waals surface area contributed by atoms with Crippen LogP contribution >= 0.6 is 0 Å². The quantitative estimate of drug-likeness (QED) is 0.129. The van der Waals surface area contributed by atoms with Gasteiger partial charge in [-0.15, -0.1) is 0 Å². The van der Waals surface area contributed by atoms with Crippen LogP contribution in [0.4, 0.5) is 5.69 Å². The Hall–Kier alpha value is -3.89. The summed E-state index contributed by atoms with van der Waals surface area (Å²) in [7, 11) is 5.62. The van der Waals surface area contributed by atoms with Gasteiger partial charge in [-0.2, -0.15) is 0 Å². The summed E-state index contributed by atoms with van der Waals surface area (Å²) < 4.78 is 10.8. The molecule has 3 aromatic rings. The van der Waals surface area contributed by atoms with Gasteiger partial charge >= 0.3 is 0 Å². The number of carbonyl (C=O) groups is 1. The molecule has 44 heavy (non-hydrogen) atoms. The number of nitrogens with zero attached hydrogens (tertiary/aromatic N) is 4. The first-order valence-corrected chi connectivity index (χ1v) is 14.2. The Morgan fingerprint density at radius 1 is 1.05 bits per heavy atom. The molecule has 3 heterocycles. The third-order valence-electron chi connectivity index (χ3n) is 7.57. The zero-order valence-electron chi connectivity index (χ0n) is 24.6. The van der Waals surface area contributed by atoms with Gasteiger partial charge in [0.05, 0.1) is 24.5 Å². The number of amides is 1. The van der Waals surface area contributed by atoms with Gasteiger partial charge in [-0.3, -0.25) is 4.79 Å². The van der Waals surface area contributed by atoms with Crippen LogP contribution in [0.15, 0.2) is 52.6 Å². The zero-order chi connectivity index (χ0) is 31.5. The zero-order valence-corrected chi connectivity index (χ0v) is 24.6. The van der Waals surface area contributed by atoms with Crippen LogP contribution in [-0.4, -0.2) is 142 Å². The van der Waals surface area contributed by atoms with Crippen molar-refractivity contribution in [1.82, 2.24) is 14.8 Å². The second-order valence-electron chi connectivity index (χ2n) is 11.0. The van der Waals surface area contributed by atoms with E-state index in [1.54, 1.807) is 36.2 Å². The second-order valence-corrected chi connectivity index (χ2v) is 11.0. The molecule has 1 amide bonds. The molecule has 6 N–H and O–H groups in total. The van der Waals surface area contributed by atoms with Crippen LogP contribution in [0, 0.1) is 0 Å². The van der Waals surface area contributed by atoms with Crippen molar-refractivity contribution in [2.45, 2.75) is 30.7 Å². The minimum Gasteiger partial charge on any atom is -0.494 e. The minimum absolute atomic E-state index is 0.0915. The first-order valence-electron chi connectivity index (χ1n) is 14.2. The third-order valence-corrected chi connectivity index (χ3v) is 7.57. The van der Waals surface area contributed by atoms with E-state index < -0.39 is 37.3 Å². The lowest BCUT2D eigenvalue weighted by atomic mass is 9.99. The average molecular weight is 612 g/mol. The molecule has 1 saturated heterocycles. The van der Waals surface area contributed by atoms with Crippen LogP contribution in [0.2, 0.25) is 0 Å². The molecule has 0 bridgehead atoms. The third kappa shape index (κ3) is 6.32. The number of aliphatic imine (C=N–C) groups is 1. The van der Waals surface area contributed by atoms with E-state index in [0.717, 1.165) is 0 Å². The Balaban J connectivity index is 1.35. The van der Waals surface area contributed by atoms with Gasteiger partial charge in [-0.25, -0.2) is 4.99 Å². The van der Waals surface area contributed by atoms with Gasteiger partial charge < -0.3 is 54.6 Å². The number of likely N-dealkylation sites (N-methyl/N-ethyl adjacent to an activating group) is 2. The number of aromatic hydroxyl groups is 1. The van der Waals surface area contributed by atoms with Gasteiger partial charge in [-0.05, 0) is 38.4 Å². The predicted octanol–water partition coefficient (Wildman–Crippen LogP) is 0.179. The van der Waals surface area contributed by atoms with Crippen molar-refractivity contribution in [2.75, 3.05) is 54.1 Å². The number of H-pyrrole nitrogens is 1. The molecule has 5 atom stereocenters. The lowest BCUT2D eigenvalue weighted by Gasteiger charge is -2.39. The molecule has 236 valence electrons. The molecule has 0 radical (unpaired) electrons. The largest absolute Gasteiger partial charge is 0.494 e. The Kier molecular flexibility index (Phi) is 9.60. The summed E-state index contributed by atoms with van der Waals surface area (Å²) in [6.45, 7) is 0.485. The van der Waals surface area contributed by atoms with E-state index in [4.69, 9.17) is 19.3 Å². The van der Waals surface area contributed by atoms with E-state index in [9.17, 15) is 30.3 Å². The van der Waals surface area contributed by atoms with Gasteiger partial charge in [0.15, 0.2) is 12.2 Å². The maximum Gasteiger partial charge on any atom is 0.253 e. The number of hydrogen-bond donors (Lipinski definition) is 6. The molecular formula is C30H37N5O9. The van der Waals surface area contributed by atoms with Crippen molar-refractivity contribution in [1.29, 1.82) is 0 Å². The standard InChI is InChI=1S/C30H37N5O9/c1-34(2)10-11-35(3)29(41)16-8-9-20-18(14-16)22(28(40)32-20)24-23(17-6-4-5-7-19(17)31-24)33-43-13-12-42-30-27(39)26(38)25(37)21(15-36)44-30/h4-9,14,21,25-27,30,32,36-40H,10-13,15H2,1-3H3/b33-23+/t21-,25-,26+,27-,30-/m1/s1. The van der Waals surface area contributed by atoms with Crippen molar-refractivity contribution in [3.63, 3.8) is 0 Å². The van der Waals surface area contributed by atoms with E-state index in [-0.39, 0.29) is 25.0 Å². The molecule has 0 saturated carbocycles. The van der Waals surface area contributed by atoms with Crippen molar-refractivity contribution < 1.29 is 44.6 Å². The normalized spacial score (nSPS) is 24.1. The summed E-state index contributed by atoms with van der Waals surface area (Å²) in [6, 6.07) is 12.4. The van der Waals surface area contributed by atoms with Crippen LogP contribution in [0.5, 0.6) is 5.88 Å². The molecule has 0 unspecified atom stereocenters. The highest BCUT2D eigenvalue weighted by Crippen LogP contribution is 2.36. The summed E-state index contributed by atoms with van der Waals surface area (Å²) in [6.07, 6.45) is -6.97. The van der Waals surface area contributed by atoms with Crippen molar-refractivity contribution in [3.8, 4) is 5.88 Å². The molecule has 14 nitrogen and oxygen atoms in total. The smallest absolute Gasteiger partial charge is 0.253 e. The molecule has 5 rings (SSSR count). The molecule has 0 aliphatic carbocycles. The van der Waals surface area contributed by atoms with E-state index in [0.29, 0.717) is 57.8 Å². The van der Waals surface area contributed by atoms with Crippen LogP contribution in [0.3, 0.4) is 0 Å². The summed E-state index contributed by atoms with van der Waals surface area (Å²) in [5.41, 5.74) is 3.40. The number of nitrogens with one attached hydrogen (secondary N) is 1. The van der Waals surface area contributed by atoms with Gasteiger partial charge in [0.1, 0.15) is 42.4 Å². The van der Waals surface area contributed by atoms with Gasteiger partial charge in [0.25, 0.3) is 5.91 Å². The minimum atomic E-state index is -1.56. The lowest BCUT2D eigenvalue weighted by molar-refractivity contribution is -0.302. The van der Waals surface area contributed by atoms with Crippen molar-refractivity contribution in [3.05, 3.63) is 59.2 Å². The number of oxime groups is 1. The number of ether oxygens (including phenoxy) is 2. The van der Waals surface area contributed by atoms with Crippen molar-refractivity contribution >= 4 is 33.9 Å². The number of benzene rings is 2. The van der Waals surface area contributed by atoms with Crippen LogP contribution in [-0.2, 0) is 14.3 Å². The Morgan fingerprint density at radius 2 is 1.82 bits per heavy atom. The number of carbonyl (C=O) groups excluding carboxylic acids is 1. The average Bonchev–Trinajstić information content (AvgIpc) is 3.54. The maximum absolute atomic E-state index is 13.2. The van der Waals surface area contributed by atoms with Gasteiger partial charge in [0.2, 0.25) is 0 Å². The molecule has 14 heteroatoms. The SMILES string of the molecule is CN(C)CCN(C)C(=O)c1ccc2[nH]c(O)c(C3=Nc4ccccc4/C3=N\OCCO[C@@H]3O[C@H](CO)[C@@H](O)[C@H](O)[C@H]3O)c2c1. The lowest BCUT2D eigenvalue weighted by Crippen LogP contribution is -2.59. The molecule has 2 aliphatic heterocycles. The van der Waals surface area contributed by atoms with Crippen LogP contribution in [0.25, 0.3) is 10.9 Å². The van der Waals surface area contributed by atoms with Gasteiger partial charge in [-0.1, -0.05) is 23.4 Å². The number of aromatic nitrogens is 1. The van der Waals surface area contributed by atoms with E-state index in [2.05, 4.69) is 10.1 Å². The van der Waals surface area contributed by atoms with Crippen molar-refractivity contribution in [2.24, 2.45) is 10.1 Å². The fourth-order valence-electron chi connectivity index (χ4n) is 5.08. The fourth-order valence-corrected chi connectivity index (χ4v) is 5.08. The molecule has 2 aliphatic rings. The first kappa shape index (κ1) is 31.5. The van der Waals surface area contributed by atoms with Gasteiger partial charge in [0, 0.05) is 42.2 Å². The molecular weight excluding hydrogens is 574 g/mol. The number of aliphatic hydroxyl groups is 4. The molecule has 1 aromatic heterocycles. The highest BCUT2D eigenvalue weighted by atomic mass is 16.7. The number of aliphatic hydroxyl groups excluding tert-OH is 4. The summed E-state index contributed by atoms with van der Waals surface area (Å²) in [4.78, 5) is 30.0. The highest BCUT2D eigenvalue weighted by molar-refractivity contribution is 6.58. The maximum atomic E-state index is 13.2. The number of hydrogen-bond acceptors (Lipinski definition) is 12. The second kappa shape index (κ2) is 13.4. The summed E-state index contributed by atoms with van der Waals surface area (Å²) in [5, 5.41) is 55.3. The van der Waals surface area contributed by atoms with E-state index in [1.807, 2.05) is 37.2 Å². The molecule has 1 fully saturated rings. The fraction of sp³-hybridized carbons (Fsp3) is 0.433. The Bertz CT molecular complexity index is 1550. The highest BCUT2D eigenvalue weighted by Gasteiger charge is 2.44. The predicted molar refractivity (Wildman–Crippen MR) is 160 cm³/mol. The Morgan fingerprint density at radius 3 is 2.57 bits per heavy atom. The van der Waals surface area contributed by atoms with E-state index in [1.165, 1.54) is 0 Å². The number of rotatable bonds is 11. The number of para-hydroxylation sites is 1. The summed E-state index contributed by atoms with van der Waals surface area (Å²) >= 11 is 0. The van der Waals surface area contributed by atoms with E-state index >= 15 is 0 Å². The monoisotopic (exact) mass is 611 g/mol. The Labute approximate surface area is 253 Å². The first-order chi connectivity index (χ1) is 21.1. The molecule has 2 aromatic carbocycles. The van der Waals surface area contributed by atoms with Crippen LogP contribution in [0.1, 0.15) is 21.5 Å². The summed E-state index contributed by atoms with van der Waals surface area (Å²) in [5.74, 6) is -0.301. The molecule has 0 spiro atoms.